The van der Waals surface area contributed by atoms with Gasteiger partial charge in [-0.2, -0.15) is 0 Å². The SMILES string of the molecule is CCCCCCCCCCCCOC(=O)N[C@H]1CN[C@@H](C(c2ccc(C(C)(C)C)cc2)c2ccc(C(C)(C)C)cc2)C1. The molecule has 1 heterocycles. The average Bonchev–Trinajstić information content (AvgIpc) is 3.39. The maximum atomic E-state index is 12.6. The quantitative estimate of drug-likeness (QED) is 0.207. The lowest BCUT2D eigenvalue weighted by atomic mass is 9.80. The molecule has 0 unspecified atom stereocenters. The fraction of sp³-hybridized carbons (Fsp3) is 0.658. The lowest BCUT2D eigenvalue weighted by Gasteiger charge is -2.27. The molecular weight excluding hydrogens is 516 g/mol. The van der Waals surface area contributed by atoms with Crippen molar-refractivity contribution in [2.75, 3.05) is 13.2 Å². The van der Waals surface area contributed by atoms with Gasteiger partial charge in [0.05, 0.1) is 6.61 Å². The van der Waals surface area contributed by atoms with Crippen molar-refractivity contribution in [1.29, 1.82) is 0 Å². The predicted octanol–water partition coefficient (Wildman–Crippen LogP) is 9.79. The summed E-state index contributed by atoms with van der Waals surface area (Å²) in [5, 5.41) is 6.88. The highest BCUT2D eigenvalue weighted by molar-refractivity contribution is 5.67. The summed E-state index contributed by atoms with van der Waals surface area (Å²) in [6.07, 6.45) is 13.4. The first-order valence-electron chi connectivity index (χ1n) is 16.9. The highest BCUT2D eigenvalue weighted by atomic mass is 16.5. The first-order chi connectivity index (χ1) is 20.0. The molecular formula is C38H60N2O2. The van der Waals surface area contributed by atoms with Gasteiger partial charge in [-0.1, -0.05) is 155 Å². The van der Waals surface area contributed by atoms with Gasteiger partial charge < -0.3 is 15.4 Å². The second-order valence-electron chi connectivity index (χ2n) is 14.6. The van der Waals surface area contributed by atoms with Crippen molar-refractivity contribution in [3.63, 3.8) is 0 Å². The Labute approximate surface area is 257 Å². The van der Waals surface area contributed by atoms with Crippen LogP contribution in [0.25, 0.3) is 0 Å². The van der Waals surface area contributed by atoms with Crippen molar-refractivity contribution in [1.82, 2.24) is 10.6 Å². The Bertz CT molecular complexity index is 989. The molecule has 4 heteroatoms. The maximum Gasteiger partial charge on any atom is 0.407 e. The highest BCUT2D eigenvalue weighted by Gasteiger charge is 2.33. The molecule has 0 aromatic heterocycles. The van der Waals surface area contributed by atoms with Crippen LogP contribution in [0.5, 0.6) is 0 Å². The summed E-state index contributed by atoms with van der Waals surface area (Å²) in [6.45, 7) is 17.1. The van der Waals surface area contributed by atoms with Crippen LogP contribution in [0.1, 0.15) is 147 Å². The smallest absolute Gasteiger partial charge is 0.407 e. The Hall–Kier alpha value is -2.33. The van der Waals surface area contributed by atoms with Crippen LogP contribution >= 0.6 is 0 Å². The van der Waals surface area contributed by atoms with Crippen LogP contribution in [0.3, 0.4) is 0 Å². The van der Waals surface area contributed by atoms with Crippen LogP contribution in [0.15, 0.2) is 48.5 Å². The van der Waals surface area contributed by atoms with E-state index in [1.54, 1.807) is 0 Å². The number of rotatable bonds is 15. The zero-order chi connectivity index (χ0) is 30.6. The summed E-state index contributed by atoms with van der Waals surface area (Å²) in [4.78, 5) is 12.6. The summed E-state index contributed by atoms with van der Waals surface area (Å²) >= 11 is 0. The fourth-order valence-electron chi connectivity index (χ4n) is 6.13. The minimum absolute atomic E-state index is 0.0698. The van der Waals surface area contributed by atoms with E-state index >= 15 is 0 Å². The molecule has 0 spiro atoms. The van der Waals surface area contributed by atoms with E-state index in [0.29, 0.717) is 6.61 Å². The molecule has 2 N–H and O–H groups in total. The van der Waals surface area contributed by atoms with Gasteiger partial charge in [-0.05, 0) is 45.9 Å². The average molecular weight is 577 g/mol. The lowest BCUT2D eigenvalue weighted by molar-refractivity contribution is 0.140. The van der Waals surface area contributed by atoms with Crippen LogP contribution in [0.2, 0.25) is 0 Å². The van der Waals surface area contributed by atoms with Gasteiger partial charge in [0.15, 0.2) is 0 Å². The molecule has 3 rings (SSSR count). The molecule has 2 aromatic rings. The molecule has 1 amide bonds. The zero-order valence-corrected chi connectivity index (χ0v) is 27.9. The van der Waals surface area contributed by atoms with Gasteiger partial charge in [0, 0.05) is 24.5 Å². The van der Waals surface area contributed by atoms with Gasteiger partial charge in [-0.15, -0.1) is 0 Å². The lowest BCUT2D eigenvalue weighted by Crippen LogP contribution is -2.36. The molecule has 1 aliphatic heterocycles. The monoisotopic (exact) mass is 576 g/mol. The minimum Gasteiger partial charge on any atom is -0.450 e. The van der Waals surface area contributed by atoms with Crippen molar-refractivity contribution in [3.8, 4) is 0 Å². The first kappa shape index (κ1) is 34.2. The van der Waals surface area contributed by atoms with E-state index < -0.39 is 0 Å². The number of benzene rings is 2. The summed E-state index contributed by atoms with van der Waals surface area (Å²) in [5.41, 5.74) is 5.56. The van der Waals surface area contributed by atoms with E-state index in [1.165, 1.54) is 73.6 Å². The maximum absolute atomic E-state index is 12.6. The molecule has 0 bridgehead atoms. The molecule has 0 aliphatic carbocycles. The third kappa shape index (κ3) is 11.1. The van der Waals surface area contributed by atoms with E-state index in [2.05, 4.69) is 108 Å². The Morgan fingerprint density at radius 2 is 1.21 bits per heavy atom. The Kier molecular flexibility index (Phi) is 13.4. The summed E-state index contributed by atoms with van der Waals surface area (Å²) in [6, 6.07) is 18.6. The fourth-order valence-corrected chi connectivity index (χ4v) is 6.13. The van der Waals surface area contributed by atoms with Gasteiger partial charge in [-0.25, -0.2) is 4.79 Å². The van der Waals surface area contributed by atoms with Crippen molar-refractivity contribution < 1.29 is 9.53 Å². The van der Waals surface area contributed by atoms with Crippen LogP contribution in [0.4, 0.5) is 4.79 Å². The van der Waals surface area contributed by atoms with Crippen molar-refractivity contribution in [3.05, 3.63) is 70.8 Å². The third-order valence-electron chi connectivity index (χ3n) is 8.89. The Balaban J connectivity index is 1.51. The topological polar surface area (TPSA) is 50.4 Å². The predicted molar refractivity (Wildman–Crippen MR) is 179 cm³/mol. The molecule has 0 saturated carbocycles. The zero-order valence-electron chi connectivity index (χ0n) is 27.9. The van der Waals surface area contributed by atoms with Gasteiger partial charge >= 0.3 is 6.09 Å². The summed E-state index contributed by atoms with van der Waals surface area (Å²) in [5.74, 6) is 0.211. The second-order valence-corrected chi connectivity index (χ2v) is 14.6. The molecule has 1 fully saturated rings. The van der Waals surface area contributed by atoms with Gasteiger partial charge in [0.2, 0.25) is 0 Å². The van der Waals surface area contributed by atoms with E-state index in [-0.39, 0.29) is 34.9 Å². The standard InChI is InChI=1S/C38H60N2O2/c1-8-9-10-11-12-13-14-15-16-17-26-42-36(41)40-33-27-34(39-28-33)35(29-18-22-31(23-19-29)37(2,3)4)30-20-24-32(25-21-30)38(5,6)7/h18-25,33-35,39H,8-17,26-28H2,1-7H3,(H,40,41)/t33-,34-/m1/s1. The Morgan fingerprint density at radius 1 is 0.762 bits per heavy atom. The molecule has 1 aliphatic rings. The molecule has 4 nitrogen and oxygen atoms in total. The van der Waals surface area contributed by atoms with Crippen LogP contribution < -0.4 is 10.6 Å². The van der Waals surface area contributed by atoms with Crippen molar-refractivity contribution >= 4 is 6.09 Å². The van der Waals surface area contributed by atoms with Crippen molar-refractivity contribution in [2.45, 2.75) is 148 Å². The molecule has 2 aromatic carbocycles. The minimum atomic E-state index is -0.279. The second kappa shape index (κ2) is 16.5. The highest BCUT2D eigenvalue weighted by Crippen LogP contribution is 2.35. The normalized spacial score (nSPS) is 17.5. The first-order valence-corrected chi connectivity index (χ1v) is 16.9. The van der Waals surface area contributed by atoms with Gasteiger partial charge in [-0.3, -0.25) is 0 Å². The molecule has 234 valence electrons. The number of hydrogen-bond acceptors (Lipinski definition) is 3. The van der Waals surface area contributed by atoms with Gasteiger partial charge in [0.1, 0.15) is 0 Å². The van der Waals surface area contributed by atoms with E-state index in [4.69, 9.17) is 4.74 Å². The largest absolute Gasteiger partial charge is 0.450 e. The third-order valence-corrected chi connectivity index (χ3v) is 8.89. The van der Waals surface area contributed by atoms with E-state index in [1.807, 2.05) is 0 Å². The molecule has 2 atom stereocenters. The van der Waals surface area contributed by atoms with E-state index in [0.717, 1.165) is 25.8 Å². The molecule has 42 heavy (non-hydrogen) atoms. The molecule has 1 saturated heterocycles. The van der Waals surface area contributed by atoms with Crippen LogP contribution in [0, 0.1) is 0 Å². The van der Waals surface area contributed by atoms with Crippen LogP contribution in [-0.2, 0) is 15.6 Å². The Morgan fingerprint density at radius 3 is 1.67 bits per heavy atom. The molecule has 0 radical (unpaired) electrons. The number of alkyl carbamates (subject to hydrolysis) is 1. The number of amides is 1. The number of carbonyl (C=O) groups excluding carboxylic acids is 1. The van der Waals surface area contributed by atoms with E-state index in [9.17, 15) is 4.79 Å². The number of hydrogen-bond donors (Lipinski definition) is 2. The number of unbranched alkanes of at least 4 members (excludes halogenated alkanes) is 9. The number of ether oxygens (including phenoxy) is 1. The summed E-state index contributed by atoms with van der Waals surface area (Å²) in [7, 11) is 0. The van der Waals surface area contributed by atoms with Crippen LogP contribution in [-0.4, -0.2) is 31.3 Å². The number of nitrogens with one attached hydrogen (secondary N) is 2. The van der Waals surface area contributed by atoms with Crippen molar-refractivity contribution in [2.24, 2.45) is 0 Å². The summed E-state index contributed by atoms with van der Waals surface area (Å²) < 4.78 is 5.55. The van der Waals surface area contributed by atoms with Gasteiger partial charge in [0.25, 0.3) is 0 Å². The number of carbonyl (C=O) groups is 1.